The van der Waals surface area contributed by atoms with Gasteiger partial charge in [0.2, 0.25) is 0 Å². The number of hydrogen-bond donors (Lipinski definition) is 2. The molecule has 0 amide bonds. The minimum atomic E-state index is -0.945. The maximum atomic E-state index is 11.3. The second-order valence-electron chi connectivity index (χ2n) is 4.77. The summed E-state index contributed by atoms with van der Waals surface area (Å²) in [6.07, 6.45) is 0. The molecule has 0 aliphatic carbocycles. The first kappa shape index (κ1) is 17.3. The number of carboxylic acid groups (broad SMARTS) is 1. The van der Waals surface area contributed by atoms with E-state index < -0.39 is 5.97 Å². The van der Waals surface area contributed by atoms with Crippen molar-refractivity contribution in [3.05, 3.63) is 48.0 Å². The number of nitrogens with one attached hydrogen (secondary N) is 1. The molecule has 0 heterocycles. The first-order chi connectivity index (χ1) is 11.1. The predicted octanol–water partition coefficient (Wildman–Crippen LogP) is 3.30. The molecule has 0 spiro atoms. The van der Waals surface area contributed by atoms with Crippen molar-refractivity contribution in [1.82, 2.24) is 4.72 Å². The summed E-state index contributed by atoms with van der Waals surface area (Å²) >= 11 is 1.39. The fourth-order valence-electron chi connectivity index (χ4n) is 2.01. The fraction of sp³-hybridized carbons (Fsp3) is 0.235. The Bertz CT molecular complexity index is 658. The molecule has 23 heavy (non-hydrogen) atoms. The van der Waals surface area contributed by atoms with Crippen LogP contribution in [0.4, 0.5) is 0 Å². The van der Waals surface area contributed by atoms with Gasteiger partial charge in [0.25, 0.3) is 0 Å². The van der Waals surface area contributed by atoms with Crippen LogP contribution in [0.5, 0.6) is 5.75 Å². The second-order valence-corrected chi connectivity index (χ2v) is 5.73. The predicted molar refractivity (Wildman–Crippen MR) is 91.1 cm³/mol. The number of hydrogen-bond acceptors (Lipinski definition) is 5. The van der Waals surface area contributed by atoms with Gasteiger partial charge in [-0.1, -0.05) is 12.1 Å². The fourth-order valence-corrected chi connectivity index (χ4v) is 2.73. The van der Waals surface area contributed by atoms with Crippen LogP contribution < -0.4 is 9.46 Å². The van der Waals surface area contributed by atoms with E-state index in [2.05, 4.69) is 4.72 Å². The summed E-state index contributed by atoms with van der Waals surface area (Å²) in [6, 6.07) is 12.8. The van der Waals surface area contributed by atoms with Gasteiger partial charge in [0.05, 0.1) is 19.3 Å². The zero-order valence-corrected chi connectivity index (χ0v) is 13.9. The lowest BCUT2D eigenvalue weighted by atomic mass is 10.0. The maximum absolute atomic E-state index is 11.3. The van der Waals surface area contributed by atoms with Crippen LogP contribution in [-0.2, 0) is 4.74 Å². The summed E-state index contributed by atoms with van der Waals surface area (Å²) in [6.45, 7) is 1.27. The highest BCUT2D eigenvalue weighted by Gasteiger charge is 2.09. The standard InChI is InChI=1S/C17H19NO4S/c1-21-8-7-18-23-16-10-13(9-14(11-16)17(19)20)12-3-5-15(22-2)6-4-12/h3-6,9-11,18H,7-8H2,1-2H3,(H,19,20). The Labute approximate surface area is 139 Å². The number of carbonyl (C=O) groups is 1. The van der Waals surface area contributed by atoms with Crippen molar-refractivity contribution in [2.45, 2.75) is 4.90 Å². The van der Waals surface area contributed by atoms with Gasteiger partial charge in [-0.25, -0.2) is 4.79 Å². The minimum absolute atomic E-state index is 0.259. The van der Waals surface area contributed by atoms with Crippen LogP contribution in [0.2, 0.25) is 0 Å². The van der Waals surface area contributed by atoms with Gasteiger partial charge in [-0.3, -0.25) is 4.72 Å². The third-order valence-electron chi connectivity index (χ3n) is 3.18. The van der Waals surface area contributed by atoms with Crippen LogP contribution >= 0.6 is 11.9 Å². The molecule has 0 fully saturated rings. The Morgan fingerprint density at radius 3 is 2.48 bits per heavy atom. The third-order valence-corrected chi connectivity index (χ3v) is 3.99. The molecule has 0 aliphatic heterocycles. The molecule has 2 N–H and O–H groups in total. The van der Waals surface area contributed by atoms with Gasteiger partial charge >= 0.3 is 5.97 Å². The number of ether oxygens (including phenoxy) is 2. The van der Waals surface area contributed by atoms with E-state index in [1.807, 2.05) is 30.3 Å². The number of carboxylic acids is 1. The highest BCUT2D eigenvalue weighted by molar-refractivity contribution is 7.97. The Morgan fingerprint density at radius 2 is 1.87 bits per heavy atom. The molecule has 5 nitrogen and oxygen atoms in total. The molecule has 2 aromatic carbocycles. The molecule has 6 heteroatoms. The van der Waals surface area contributed by atoms with Crippen LogP contribution in [0.25, 0.3) is 11.1 Å². The van der Waals surface area contributed by atoms with Gasteiger partial charge in [-0.2, -0.15) is 0 Å². The van der Waals surface area contributed by atoms with Gasteiger partial charge in [0.15, 0.2) is 0 Å². The minimum Gasteiger partial charge on any atom is -0.497 e. The van der Waals surface area contributed by atoms with Crippen molar-refractivity contribution in [2.24, 2.45) is 0 Å². The summed E-state index contributed by atoms with van der Waals surface area (Å²) in [5.41, 5.74) is 2.05. The highest BCUT2D eigenvalue weighted by atomic mass is 32.2. The van der Waals surface area contributed by atoms with Crippen LogP contribution in [0.1, 0.15) is 10.4 Å². The Kier molecular flexibility index (Phi) is 6.46. The van der Waals surface area contributed by atoms with Gasteiger partial charge in [0.1, 0.15) is 5.75 Å². The lowest BCUT2D eigenvalue weighted by Gasteiger charge is -2.09. The van der Waals surface area contributed by atoms with Gasteiger partial charge in [0, 0.05) is 18.6 Å². The van der Waals surface area contributed by atoms with Crippen molar-refractivity contribution < 1.29 is 19.4 Å². The highest BCUT2D eigenvalue weighted by Crippen LogP contribution is 2.28. The number of aromatic carboxylic acids is 1. The summed E-state index contributed by atoms with van der Waals surface area (Å²) in [5, 5.41) is 9.30. The third kappa shape index (κ3) is 4.99. The molecule has 0 aliphatic rings. The van der Waals surface area contributed by atoms with E-state index in [4.69, 9.17) is 9.47 Å². The molecule has 122 valence electrons. The molecule has 0 radical (unpaired) electrons. The van der Waals surface area contributed by atoms with Crippen LogP contribution in [0.3, 0.4) is 0 Å². The van der Waals surface area contributed by atoms with Gasteiger partial charge < -0.3 is 14.6 Å². The van der Waals surface area contributed by atoms with E-state index in [0.717, 1.165) is 21.8 Å². The van der Waals surface area contributed by atoms with Gasteiger partial charge in [-0.15, -0.1) is 0 Å². The topological polar surface area (TPSA) is 67.8 Å². The molecule has 2 rings (SSSR count). The van der Waals surface area contributed by atoms with E-state index in [9.17, 15) is 9.90 Å². The normalized spacial score (nSPS) is 10.5. The molecule has 2 aromatic rings. The number of rotatable bonds is 8. The van der Waals surface area contributed by atoms with E-state index in [1.165, 1.54) is 11.9 Å². The Balaban J connectivity index is 2.26. The summed E-state index contributed by atoms with van der Waals surface area (Å²) in [4.78, 5) is 12.2. The van der Waals surface area contributed by atoms with Crippen molar-refractivity contribution in [2.75, 3.05) is 27.4 Å². The van der Waals surface area contributed by atoms with Crippen LogP contribution in [0.15, 0.2) is 47.4 Å². The molecular formula is C17H19NO4S. The summed E-state index contributed by atoms with van der Waals surface area (Å²) in [5.74, 6) is -0.182. The quantitative estimate of drug-likeness (QED) is 0.571. The Morgan fingerprint density at radius 1 is 1.13 bits per heavy atom. The number of methoxy groups -OCH3 is 2. The average Bonchev–Trinajstić information content (AvgIpc) is 2.58. The molecule has 0 bridgehead atoms. The zero-order valence-electron chi connectivity index (χ0n) is 13.0. The molecule has 0 saturated heterocycles. The molecule has 0 aromatic heterocycles. The Hall–Kier alpha value is -2.02. The van der Waals surface area contributed by atoms with Crippen LogP contribution in [0, 0.1) is 0 Å². The summed E-state index contributed by atoms with van der Waals surface area (Å²) in [7, 11) is 3.25. The summed E-state index contributed by atoms with van der Waals surface area (Å²) < 4.78 is 13.3. The maximum Gasteiger partial charge on any atom is 0.335 e. The second kappa shape index (κ2) is 8.57. The van der Waals surface area contributed by atoms with Crippen LogP contribution in [-0.4, -0.2) is 38.4 Å². The van der Waals surface area contributed by atoms with Crippen molar-refractivity contribution >= 4 is 17.9 Å². The largest absolute Gasteiger partial charge is 0.497 e. The molecular weight excluding hydrogens is 314 g/mol. The van der Waals surface area contributed by atoms with E-state index in [0.29, 0.717) is 13.2 Å². The zero-order chi connectivity index (χ0) is 16.7. The van der Waals surface area contributed by atoms with Crippen molar-refractivity contribution in [3.63, 3.8) is 0 Å². The van der Waals surface area contributed by atoms with E-state index >= 15 is 0 Å². The smallest absolute Gasteiger partial charge is 0.335 e. The van der Waals surface area contributed by atoms with E-state index in [-0.39, 0.29) is 5.56 Å². The lowest BCUT2D eigenvalue weighted by Crippen LogP contribution is -2.11. The first-order valence-electron chi connectivity index (χ1n) is 7.05. The monoisotopic (exact) mass is 333 g/mol. The number of benzene rings is 2. The van der Waals surface area contributed by atoms with Crippen molar-refractivity contribution in [3.8, 4) is 16.9 Å². The lowest BCUT2D eigenvalue weighted by molar-refractivity contribution is 0.0696. The van der Waals surface area contributed by atoms with Crippen molar-refractivity contribution in [1.29, 1.82) is 0 Å². The van der Waals surface area contributed by atoms with E-state index in [1.54, 1.807) is 26.4 Å². The molecule has 0 atom stereocenters. The molecule has 0 saturated carbocycles. The SMILES string of the molecule is COCCNSc1cc(C(=O)O)cc(-c2ccc(OC)cc2)c1. The average molecular weight is 333 g/mol. The van der Waals surface area contributed by atoms with Gasteiger partial charge in [-0.05, 0) is 53.4 Å². The molecule has 0 unspecified atom stereocenters. The first-order valence-corrected chi connectivity index (χ1v) is 7.87.